The van der Waals surface area contributed by atoms with E-state index in [0.29, 0.717) is 10.6 Å². The van der Waals surface area contributed by atoms with Crippen molar-refractivity contribution in [1.29, 1.82) is 0 Å². The van der Waals surface area contributed by atoms with Gasteiger partial charge in [0.1, 0.15) is 29.5 Å². The fraction of sp³-hybridized carbons (Fsp3) is 0.458. The molecule has 8 nitrogen and oxygen atoms in total. The molecule has 0 unspecified atom stereocenters. The fourth-order valence-electron chi connectivity index (χ4n) is 2.14. The molecule has 1 aromatic rings. The Morgan fingerprint density at radius 2 is 1.50 bits per heavy atom. The standard InChI is InChI=1S/C16H25FN2O5.C6H6FN.C2H2/c1-10-8-11(9-17)22-12(18-10)19(13(20)23-15(2,3)4)14(21)24-16(5,6)7;7-5-1-3-6(8)4-2-5;1-2/h8,10H,9H2,1-7H3;1-4H,8H2;1-2H/t10-;;/m0../s1. The molecule has 0 saturated heterocycles. The third-order valence-electron chi connectivity index (χ3n) is 3.31. The van der Waals surface area contributed by atoms with E-state index < -0.39 is 36.1 Å². The van der Waals surface area contributed by atoms with Crippen molar-refractivity contribution in [3.63, 3.8) is 0 Å². The van der Waals surface area contributed by atoms with E-state index in [0.717, 1.165) is 0 Å². The lowest BCUT2D eigenvalue weighted by Crippen LogP contribution is -2.48. The second-order valence-electron chi connectivity index (χ2n) is 8.87. The SMILES string of the molecule is C#C.C[C@H]1C=C(CF)OC(N(C(=O)OC(C)(C)C)C(=O)OC(C)(C)C)=N1.Nc1ccc(F)cc1. The number of amidine groups is 1. The lowest BCUT2D eigenvalue weighted by Gasteiger charge is -2.30. The van der Waals surface area contributed by atoms with Gasteiger partial charge in [-0.25, -0.2) is 23.4 Å². The molecule has 2 rings (SSSR count). The number of rotatable bonds is 1. The van der Waals surface area contributed by atoms with Crippen molar-refractivity contribution in [3.8, 4) is 12.8 Å². The first-order valence-electron chi connectivity index (χ1n) is 10.2. The smallest absolute Gasteiger partial charge is 0.428 e. The molecule has 0 aliphatic carbocycles. The summed E-state index contributed by atoms with van der Waals surface area (Å²) in [5.74, 6) is -0.288. The molecule has 1 atom stereocenters. The van der Waals surface area contributed by atoms with Crippen molar-refractivity contribution in [3.05, 3.63) is 41.9 Å². The number of carbonyl (C=O) groups is 2. The average molecular weight is 482 g/mol. The molecule has 2 amide bonds. The quantitative estimate of drug-likeness (QED) is 0.423. The number of anilines is 1. The fourth-order valence-corrected chi connectivity index (χ4v) is 2.14. The van der Waals surface area contributed by atoms with Crippen LogP contribution in [-0.4, -0.2) is 47.0 Å². The number of carbonyl (C=O) groups excluding carboxylic acids is 2. The maximum atomic E-state index is 12.9. The number of alkyl halides is 1. The Labute approximate surface area is 199 Å². The van der Waals surface area contributed by atoms with E-state index in [1.807, 2.05) is 0 Å². The van der Waals surface area contributed by atoms with Crippen LogP contribution in [0.4, 0.5) is 24.1 Å². The topological polar surface area (TPSA) is 103 Å². The number of amides is 2. The molecule has 1 heterocycles. The van der Waals surface area contributed by atoms with Gasteiger partial charge in [-0.1, -0.05) is 0 Å². The third-order valence-corrected chi connectivity index (χ3v) is 3.31. The van der Waals surface area contributed by atoms with Crippen LogP contribution >= 0.6 is 0 Å². The lowest BCUT2D eigenvalue weighted by atomic mass is 10.2. The molecule has 2 N–H and O–H groups in total. The molecule has 0 fully saturated rings. The Morgan fingerprint density at radius 3 is 1.85 bits per heavy atom. The van der Waals surface area contributed by atoms with Crippen molar-refractivity contribution in [2.24, 2.45) is 4.99 Å². The highest BCUT2D eigenvalue weighted by atomic mass is 19.1. The molecule has 0 saturated carbocycles. The normalized spacial score (nSPS) is 15.0. The number of hydrogen-bond donors (Lipinski definition) is 1. The number of benzene rings is 1. The van der Waals surface area contributed by atoms with Crippen LogP contribution in [0, 0.1) is 18.7 Å². The molecule has 1 aromatic carbocycles. The third kappa shape index (κ3) is 11.9. The largest absolute Gasteiger partial charge is 0.443 e. The molecule has 34 heavy (non-hydrogen) atoms. The summed E-state index contributed by atoms with van der Waals surface area (Å²) in [7, 11) is 0. The summed E-state index contributed by atoms with van der Waals surface area (Å²) in [4.78, 5) is 29.4. The van der Waals surface area contributed by atoms with Crippen LogP contribution < -0.4 is 5.73 Å². The van der Waals surface area contributed by atoms with Crippen LogP contribution in [0.3, 0.4) is 0 Å². The Bertz CT molecular complexity index is 849. The van der Waals surface area contributed by atoms with Gasteiger partial charge < -0.3 is 19.9 Å². The van der Waals surface area contributed by atoms with E-state index in [9.17, 15) is 18.4 Å². The molecule has 1 aliphatic heterocycles. The zero-order valence-electron chi connectivity index (χ0n) is 20.6. The van der Waals surface area contributed by atoms with E-state index in [1.165, 1.54) is 30.3 Å². The minimum atomic E-state index is -1.01. The van der Waals surface area contributed by atoms with E-state index in [4.69, 9.17) is 19.9 Å². The minimum absolute atomic E-state index is 0.0374. The summed E-state index contributed by atoms with van der Waals surface area (Å²) >= 11 is 0. The van der Waals surface area contributed by atoms with Crippen LogP contribution in [0.25, 0.3) is 0 Å². The second kappa shape index (κ2) is 13.2. The molecule has 0 spiro atoms. The number of allylic oxidation sites excluding steroid dienone is 1. The van der Waals surface area contributed by atoms with Gasteiger partial charge in [-0.05, 0) is 78.8 Å². The molecular formula is C24H33F2N3O5. The van der Waals surface area contributed by atoms with Gasteiger partial charge in [-0.15, -0.1) is 17.7 Å². The molecular weight excluding hydrogens is 448 g/mol. The van der Waals surface area contributed by atoms with Crippen molar-refractivity contribution in [1.82, 2.24) is 4.90 Å². The van der Waals surface area contributed by atoms with Crippen LogP contribution in [0.2, 0.25) is 0 Å². The van der Waals surface area contributed by atoms with Gasteiger partial charge in [0.25, 0.3) is 0 Å². The second-order valence-corrected chi connectivity index (χ2v) is 8.87. The van der Waals surface area contributed by atoms with E-state index in [1.54, 1.807) is 48.5 Å². The van der Waals surface area contributed by atoms with Crippen molar-refractivity contribution in [2.75, 3.05) is 12.4 Å². The summed E-state index contributed by atoms with van der Waals surface area (Å²) < 4.78 is 40.6. The van der Waals surface area contributed by atoms with Crippen LogP contribution in [0.5, 0.6) is 0 Å². The molecule has 1 aliphatic rings. The molecule has 188 valence electrons. The van der Waals surface area contributed by atoms with Crippen LogP contribution in [0.15, 0.2) is 41.1 Å². The molecule has 0 radical (unpaired) electrons. The van der Waals surface area contributed by atoms with Gasteiger partial charge in [0.15, 0.2) is 0 Å². The Balaban J connectivity index is 0.000000904. The Hall–Kier alpha value is -3.61. The average Bonchev–Trinajstić information content (AvgIpc) is 2.69. The summed E-state index contributed by atoms with van der Waals surface area (Å²) in [6.07, 6.45) is 7.43. The maximum Gasteiger partial charge on any atom is 0.428 e. The first kappa shape index (κ1) is 30.4. The summed E-state index contributed by atoms with van der Waals surface area (Å²) in [5.41, 5.74) is 4.15. The number of aliphatic imine (C=N–C) groups is 1. The number of nitrogen functional groups attached to an aromatic ring is 1. The number of nitrogens with two attached hydrogens (primary N) is 1. The minimum Gasteiger partial charge on any atom is -0.443 e. The molecule has 0 bridgehead atoms. The van der Waals surface area contributed by atoms with Crippen molar-refractivity contribution >= 4 is 23.9 Å². The first-order chi connectivity index (χ1) is 15.6. The van der Waals surface area contributed by atoms with Gasteiger partial charge in [0.2, 0.25) is 0 Å². The first-order valence-corrected chi connectivity index (χ1v) is 10.2. The summed E-state index contributed by atoms with van der Waals surface area (Å²) in [5, 5.41) is 0. The maximum absolute atomic E-state index is 12.9. The van der Waals surface area contributed by atoms with Gasteiger partial charge in [0.05, 0.1) is 6.04 Å². The van der Waals surface area contributed by atoms with Gasteiger partial charge in [0, 0.05) is 5.69 Å². The Kier molecular flexibility index (Phi) is 11.8. The molecule has 0 aromatic heterocycles. The summed E-state index contributed by atoms with van der Waals surface area (Å²) in [6.45, 7) is 10.7. The summed E-state index contributed by atoms with van der Waals surface area (Å²) in [6, 6.07) is 4.86. The number of nitrogens with zero attached hydrogens (tertiary/aromatic N) is 2. The zero-order valence-corrected chi connectivity index (χ0v) is 20.6. The number of hydrogen-bond acceptors (Lipinski definition) is 7. The van der Waals surface area contributed by atoms with E-state index in [-0.39, 0.29) is 17.6 Å². The number of terminal acetylenes is 1. The predicted molar refractivity (Wildman–Crippen MR) is 127 cm³/mol. The van der Waals surface area contributed by atoms with Gasteiger partial charge in [-0.3, -0.25) is 0 Å². The monoisotopic (exact) mass is 481 g/mol. The highest BCUT2D eigenvalue weighted by molar-refractivity contribution is 6.06. The van der Waals surface area contributed by atoms with Gasteiger partial charge >= 0.3 is 18.2 Å². The van der Waals surface area contributed by atoms with Crippen molar-refractivity contribution < 1.29 is 32.6 Å². The molecule has 10 heteroatoms. The zero-order chi connectivity index (χ0) is 26.7. The lowest BCUT2D eigenvalue weighted by molar-refractivity contribution is 0.0107. The highest BCUT2D eigenvalue weighted by Crippen LogP contribution is 2.19. The van der Waals surface area contributed by atoms with E-state index in [2.05, 4.69) is 17.8 Å². The number of ether oxygens (including phenoxy) is 3. The van der Waals surface area contributed by atoms with Gasteiger partial charge in [-0.2, -0.15) is 0 Å². The number of halogens is 2. The van der Waals surface area contributed by atoms with Crippen LogP contribution in [-0.2, 0) is 14.2 Å². The number of imide groups is 1. The highest BCUT2D eigenvalue weighted by Gasteiger charge is 2.38. The van der Waals surface area contributed by atoms with Crippen LogP contribution in [0.1, 0.15) is 48.5 Å². The predicted octanol–water partition coefficient (Wildman–Crippen LogP) is 5.44. The van der Waals surface area contributed by atoms with E-state index >= 15 is 0 Å². The Morgan fingerprint density at radius 1 is 1.06 bits per heavy atom. The van der Waals surface area contributed by atoms with Crippen molar-refractivity contribution in [2.45, 2.75) is 65.7 Å².